The summed E-state index contributed by atoms with van der Waals surface area (Å²) in [5, 5.41) is 11.5. The van der Waals surface area contributed by atoms with Crippen molar-refractivity contribution in [3.8, 4) is 0 Å². The molecule has 0 saturated carbocycles. The third kappa shape index (κ3) is 5.66. The molecule has 22 heavy (non-hydrogen) atoms. The third-order valence-corrected chi connectivity index (χ3v) is 4.06. The molecule has 5 heteroatoms. The number of hydrogen-bond donors (Lipinski definition) is 2. The molecule has 0 bridgehead atoms. The van der Waals surface area contributed by atoms with Crippen LogP contribution in [0.4, 0.5) is 4.79 Å². The predicted molar refractivity (Wildman–Crippen MR) is 83.7 cm³/mol. The van der Waals surface area contributed by atoms with Crippen molar-refractivity contribution >= 4 is 6.09 Å². The average molecular weight is 307 g/mol. The lowest BCUT2D eigenvalue weighted by Gasteiger charge is -2.25. The first kappa shape index (κ1) is 16.8. The quantitative estimate of drug-likeness (QED) is 0.688. The SMILES string of the molecule is CC(C)[C@@H](COCc1ccccc1)C[C@H](NC(=O)O)C1CO1. The first-order valence-electron chi connectivity index (χ1n) is 7.79. The second-order valence-electron chi connectivity index (χ2n) is 6.17. The summed E-state index contributed by atoms with van der Waals surface area (Å²) in [5.74, 6) is 0.720. The Balaban J connectivity index is 1.82. The zero-order valence-electron chi connectivity index (χ0n) is 13.2. The van der Waals surface area contributed by atoms with Gasteiger partial charge in [0.25, 0.3) is 0 Å². The Morgan fingerprint density at radius 2 is 2.09 bits per heavy atom. The van der Waals surface area contributed by atoms with E-state index in [0.717, 1.165) is 12.0 Å². The van der Waals surface area contributed by atoms with E-state index in [1.807, 2.05) is 30.3 Å². The molecule has 0 radical (unpaired) electrons. The van der Waals surface area contributed by atoms with Crippen LogP contribution in [0, 0.1) is 11.8 Å². The molecular formula is C17H25NO4. The van der Waals surface area contributed by atoms with Gasteiger partial charge in [-0.05, 0) is 23.8 Å². The maximum atomic E-state index is 10.9. The molecule has 1 unspecified atom stereocenters. The maximum Gasteiger partial charge on any atom is 0.404 e. The molecule has 1 amide bonds. The number of carbonyl (C=O) groups is 1. The summed E-state index contributed by atoms with van der Waals surface area (Å²) in [6.45, 7) is 6.13. The van der Waals surface area contributed by atoms with Crippen LogP contribution in [0.15, 0.2) is 30.3 Å². The lowest BCUT2D eigenvalue weighted by molar-refractivity contribution is 0.0619. The number of hydrogen-bond acceptors (Lipinski definition) is 3. The lowest BCUT2D eigenvalue weighted by atomic mass is 9.89. The third-order valence-electron chi connectivity index (χ3n) is 4.06. The Bertz CT molecular complexity index is 459. The van der Waals surface area contributed by atoms with Gasteiger partial charge in [-0.2, -0.15) is 0 Å². The second-order valence-corrected chi connectivity index (χ2v) is 6.17. The fourth-order valence-corrected chi connectivity index (χ4v) is 2.51. The van der Waals surface area contributed by atoms with Crippen LogP contribution in [-0.2, 0) is 16.1 Å². The van der Waals surface area contributed by atoms with E-state index >= 15 is 0 Å². The summed E-state index contributed by atoms with van der Waals surface area (Å²) in [5.41, 5.74) is 1.15. The molecule has 1 aliphatic rings. The molecule has 122 valence electrons. The summed E-state index contributed by atoms with van der Waals surface area (Å²) >= 11 is 0. The van der Waals surface area contributed by atoms with Crippen molar-refractivity contribution in [2.45, 2.75) is 39.0 Å². The van der Waals surface area contributed by atoms with Crippen LogP contribution in [0.25, 0.3) is 0 Å². The van der Waals surface area contributed by atoms with Gasteiger partial charge >= 0.3 is 6.09 Å². The van der Waals surface area contributed by atoms with Gasteiger partial charge in [-0.25, -0.2) is 4.79 Å². The molecule has 2 rings (SSSR count). The van der Waals surface area contributed by atoms with Crippen molar-refractivity contribution in [1.29, 1.82) is 0 Å². The molecule has 1 aromatic carbocycles. The van der Waals surface area contributed by atoms with Crippen molar-refractivity contribution in [3.05, 3.63) is 35.9 Å². The number of amides is 1. The molecule has 1 aromatic rings. The van der Waals surface area contributed by atoms with Crippen molar-refractivity contribution < 1.29 is 19.4 Å². The largest absolute Gasteiger partial charge is 0.465 e. The fraction of sp³-hybridized carbons (Fsp3) is 0.588. The zero-order valence-corrected chi connectivity index (χ0v) is 13.2. The summed E-state index contributed by atoms with van der Waals surface area (Å²) in [6.07, 6.45) is -0.233. The van der Waals surface area contributed by atoms with Crippen LogP contribution < -0.4 is 5.32 Å². The van der Waals surface area contributed by atoms with Crippen LogP contribution in [0.2, 0.25) is 0 Å². The average Bonchev–Trinajstić information content (AvgIpc) is 3.30. The standard InChI is InChI=1S/C17H25NO4/c1-12(2)14(8-15(16-11-22-16)18-17(19)20)10-21-9-13-6-4-3-5-7-13/h3-7,12,14-16,18H,8-11H2,1-2H3,(H,19,20)/t14-,15+,16?/m1/s1. The minimum atomic E-state index is -0.992. The number of benzene rings is 1. The van der Waals surface area contributed by atoms with Gasteiger partial charge in [0.05, 0.1) is 25.9 Å². The minimum absolute atomic E-state index is 0.0199. The fourth-order valence-electron chi connectivity index (χ4n) is 2.51. The van der Waals surface area contributed by atoms with Crippen molar-refractivity contribution in [3.63, 3.8) is 0 Å². The first-order valence-corrected chi connectivity index (χ1v) is 7.79. The molecule has 0 spiro atoms. The normalized spacial score (nSPS) is 19.7. The Labute approximate surface area is 131 Å². The van der Waals surface area contributed by atoms with Gasteiger partial charge < -0.3 is 19.9 Å². The Morgan fingerprint density at radius 1 is 1.41 bits per heavy atom. The molecule has 1 aliphatic heterocycles. The zero-order chi connectivity index (χ0) is 15.9. The van der Waals surface area contributed by atoms with E-state index in [9.17, 15) is 4.79 Å². The number of epoxide rings is 1. The van der Waals surface area contributed by atoms with Gasteiger partial charge in [0, 0.05) is 0 Å². The van der Waals surface area contributed by atoms with Crippen LogP contribution in [-0.4, -0.2) is 36.6 Å². The number of rotatable bonds is 9. The van der Waals surface area contributed by atoms with E-state index < -0.39 is 6.09 Å². The van der Waals surface area contributed by atoms with Gasteiger partial charge in [0.2, 0.25) is 0 Å². The number of nitrogens with one attached hydrogen (secondary N) is 1. The molecule has 1 heterocycles. The first-order chi connectivity index (χ1) is 10.6. The minimum Gasteiger partial charge on any atom is -0.465 e. The number of ether oxygens (including phenoxy) is 2. The van der Waals surface area contributed by atoms with Crippen molar-refractivity contribution in [2.24, 2.45) is 11.8 Å². The summed E-state index contributed by atoms with van der Waals surface area (Å²) < 4.78 is 11.1. The Morgan fingerprint density at radius 3 is 2.64 bits per heavy atom. The van der Waals surface area contributed by atoms with E-state index in [1.54, 1.807) is 0 Å². The Hall–Kier alpha value is -1.59. The molecule has 1 fully saturated rings. The molecule has 1 saturated heterocycles. The molecule has 0 aromatic heterocycles. The summed E-state index contributed by atoms with van der Waals surface area (Å²) in [7, 11) is 0. The molecule has 0 aliphatic carbocycles. The van der Waals surface area contributed by atoms with Gasteiger partial charge in [0.15, 0.2) is 0 Å². The highest BCUT2D eigenvalue weighted by molar-refractivity contribution is 5.65. The monoisotopic (exact) mass is 307 g/mol. The van der Waals surface area contributed by atoms with E-state index in [4.69, 9.17) is 14.6 Å². The van der Waals surface area contributed by atoms with E-state index in [-0.39, 0.29) is 12.1 Å². The topological polar surface area (TPSA) is 71.1 Å². The van der Waals surface area contributed by atoms with Gasteiger partial charge in [-0.15, -0.1) is 0 Å². The van der Waals surface area contributed by atoms with Crippen LogP contribution in [0.3, 0.4) is 0 Å². The van der Waals surface area contributed by atoms with Crippen molar-refractivity contribution in [2.75, 3.05) is 13.2 Å². The smallest absolute Gasteiger partial charge is 0.404 e. The summed E-state index contributed by atoms with van der Waals surface area (Å²) in [4.78, 5) is 10.9. The van der Waals surface area contributed by atoms with Gasteiger partial charge in [0.1, 0.15) is 6.10 Å². The molecule has 5 nitrogen and oxygen atoms in total. The lowest BCUT2D eigenvalue weighted by Crippen LogP contribution is -2.40. The van der Waals surface area contributed by atoms with Crippen molar-refractivity contribution in [1.82, 2.24) is 5.32 Å². The van der Waals surface area contributed by atoms with Crippen LogP contribution in [0.1, 0.15) is 25.8 Å². The highest BCUT2D eigenvalue weighted by Gasteiger charge is 2.36. The van der Waals surface area contributed by atoms with Crippen LogP contribution in [0.5, 0.6) is 0 Å². The molecular weight excluding hydrogens is 282 g/mol. The van der Waals surface area contributed by atoms with E-state index in [2.05, 4.69) is 19.2 Å². The van der Waals surface area contributed by atoms with Gasteiger partial charge in [-0.3, -0.25) is 0 Å². The molecule has 2 N–H and O–H groups in total. The highest BCUT2D eigenvalue weighted by atomic mass is 16.6. The second kappa shape index (κ2) is 8.15. The number of carboxylic acid groups (broad SMARTS) is 1. The van der Waals surface area contributed by atoms with Crippen LogP contribution >= 0.6 is 0 Å². The molecule has 3 atom stereocenters. The van der Waals surface area contributed by atoms with E-state index in [0.29, 0.717) is 31.7 Å². The Kier molecular flexibility index (Phi) is 6.21. The van der Waals surface area contributed by atoms with Gasteiger partial charge in [-0.1, -0.05) is 44.2 Å². The summed E-state index contributed by atoms with van der Waals surface area (Å²) in [6, 6.07) is 9.91. The predicted octanol–water partition coefficient (Wildman–Crippen LogP) is 2.90. The highest BCUT2D eigenvalue weighted by Crippen LogP contribution is 2.25. The maximum absolute atomic E-state index is 10.9. The van der Waals surface area contributed by atoms with E-state index in [1.165, 1.54) is 0 Å².